The first-order valence-electron chi connectivity index (χ1n) is 9.98. The number of anilines is 2. The Balaban J connectivity index is 1.61. The molecule has 31 heavy (non-hydrogen) atoms. The summed E-state index contributed by atoms with van der Waals surface area (Å²) in [5.74, 6) is -0.292. The number of hydrogen-bond acceptors (Lipinski definition) is 5. The molecule has 1 atom stereocenters. The van der Waals surface area contributed by atoms with Crippen LogP contribution in [0.5, 0.6) is 0 Å². The Hall–Kier alpha value is -3.71. The fourth-order valence-electron chi connectivity index (χ4n) is 3.84. The maximum Gasteiger partial charge on any atom is 0.263 e. The number of benzene rings is 2. The van der Waals surface area contributed by atoms with Gasteiger partial charge in [-0.3, -0.25) is 9.59 Å². The van der Waals surface area contributed by atoms with Crippen LogP contribution in [0, 0.1) is 0 Å². The molecule has 1 aliphatic rings. The number of nitrogens with one attached hydrogen (secondary N) is 3. The summed E-state index contributed by atoms with van der Waals surface area (Å²) in [6, 6.07) is 15.6. The zero-order chi connectivity index (χ0) is 21.5. The van der Waals surface area contributed by atoms with E-state index in [0.717, 1.165) is 37.9 Å². The number of pyridine rings is 1. The van der Waals surface area contributed by atoms with Crippen molar-refractivity contribution in [2.45, 2.75) is 13.0 Å². The highest BCUT2D eigenvalue weighted by atomic mass is 32.1. The second-order valence-corrected chi connectivity index (χ2v) is 8.59. The molecular formula is C24H20N4O2S. The minimum absolute atomic E-state index is 0.0372. The molecule has 0 aliphatic carbocycles. The predicted octanol–water partition coefficient (Wildman–Crippen LogP) is 4.78. The maximum atomic E-state index is 12.6. The lowest BCUT2D eigenvalue weighted by atomic mass is 10.1. The van der Waals surface area contributed by atoms with E-state index in [9.17, 15) is 9.59 Å². The van der Waals surface area contributed by atoms with Gasteiger partial charge in [0.1, 0.15) is 4.88 Å². The number of amides is 2. The van der Waals surface area contributed by atoms with Crippen LogP contribution < -0.4 is 16.0 Å². The Bertz CT molecular complexity index is 1380. The normalized spacial score (nSPS) is 15.6. The first-order chi connectivity index (χ1) is 15.0. The van der Waals surface area contributed by atoms with Crippen molar-refractivity contribution in [3.05, 3.63) is 66.1 Å². The van der Waals surface area contributed by atoms with Crippen molar-refractivity contribution in [2.24, 2.45) is 0 Å². The van der Waals surface area contributed by atoms with Crippen molar-refractivity contribution in [1.82, 2.24) is 10.3 Å². The summed E-state index contributed by atoms with van der Waals surface area (Å²) in [6.45, 7) is 6.15. The first kappa shape index (κ1) is 19.3. The molecule has 4 aromatic rings. The van der Waals surface area contributed by atoms with E-state index in [1.54, 1.807) is 0 Å². The molecule has 154 valence electrons. The number of aromatic nitrogens is 1. The summed E-state index contributed by atoms with van der Waals surface area (Å²) in [5.41, 5.74) is 4.13. The number of carbonyl (C=O) groups excluding carboxylic acids is 2. The van der Waals surface area contributed by atoms with Gasteiger partial charge in [-0.1, -0.05) is 18.7 Å². The lowest BCUT2D eigenvalue weighted by Gasteiger charge is -2.10. The van der Waals surface area contributed by atoms with Crippen LogP contribution >= 0.6 is 11.3 Å². The fraction of sp³-hybridized carbons (Fsp3) is 0.125. The molecular weight excluding hydrogens is 408 g/mol. The van der Waals surface area contributed by atoms with Crippen molar-refractivity contribution in [1.29, 1.82) is 0 Å². The van der Waals surface area contributed by atoms with Crippen LogP contribution in [0.15, 0.2) is 61.2 Å². The van der Waals surface area contributed by atoms with Crippen LogP contribution in [0.3, 0.4) is 0 Å². The van der Waals surface area contributed by atoms with Crippen LogP contribution in [-0.4, -0.2) is 29.4 Å². The molecule has 6 nitrogen and oxygen atoms in total. The molecule has 2 amide bonds. The van der Waals surface area contributed by atoms with Crippen LogP contribution in [0.25, 0.3) is 32.2 Å². The topological polar surface area (TPSA) is 83.1 Å². The van der Waals surface area contributed by atoms with Crippen molar-refractivity contribution >= 4 is 55.5 Å². The maximum absolute atomic E-state index is 12.6. The summed E-state index contributed by atoms with van der Waals surface area (Å²) < 4.78 is 1.05. The van der Waals surface area contributed by atoms with Gasteiger partial charge in [0, 0.05) is 39.3 Å². The van der Waals surface area contributed by atoms with Gasteiger partial charge < -0.3 is 16.0 Å². The fourth-order valence-corrected chi connectivity index (χ4v) is 4.93. The van der Waals surface area contributed by atoms with Gasteiger partial charge in [-0.2, -0.15) is 0 Å². The molecule has 0 saturated heterocycles. The molecule has 0 radical (unpaired) electrons. The van der Waals surface area contributed by atoms with E-state index >= 15 is 0 Å². The first-order valence-corrected chi connectivity index (χ1v) is 10.8. The van der Waals surface area contributed by atoms with Gasteiger partial charge >= 0.3 is 0 Å². The van der Waals surface area contributed by atoms with Crippen LogP contribution in [-0.2, 0) is 4.79 Å². The lowest BCUT2D eigenvalue weighted by molar-refractivity contribution is -0.111. The summed E-state index contributed by atoms with van der Waals surface area (Å²) in [5, 5.41) is 11.3. The second-order valence-electron chi connectivity index (χ2n) is 7.54. The zero-order valence-corrected chi connectivity index (χ0v) is 17.7. The number of carbonyl (C=O) groups is 2. The summed E-state index contributed by atoms with van der Waals surface area (Å²) in [7, 11) is 0. The number of fused-ring (bicyclic) bond motifs is 5. The monoisotopic (exact) mass is 428 g/mol. The van der Waals surface area contributed by atoms with Gasteiger partial charge in [-0.05, 0) is 49.4 Å². The van der Waals surface area contributed by atoms with E-state index in [4.69, 9.17) is 4.98 Å². The van der Waals surface area contributed by atoms with E-state index < -0.39 is 0 Å². The van der Waals surface area contributed by atoms with Crippen molar-refractivity contribution < 1.29 is 9.59 Å². The van der Waals surface area contributed by atoms with Gasteiger partial charge in [0.2, 0.25) is 5.91 Å². The second kappa shape index (κ2) is 7.52. The van der Waals surface area contributed by atoms with Crippen molar-refractivity contribution in [3.63, 3.8) is 0 Å². The van der Waals surface area contributed by atoms with Crippen LogP contribution in [0.4, 0.5) is 11.4 Å². The molecule has 7 heteroatoms. The number of hydrogen-bond donors (Lipinski definition) is 3. The average molecular weight is 429 g/mol. The van der Waals surface area contributed by atoms with Crippen LogP contribution in [0.2, 0.25) is 0 Å². The lowest BCUT2D eigenvalue weighted by Crippen LogP contribution is -2.34. The molecule has 0 unspecified atom stereocenters. The molecule has 2 aromatic carbocycles. The summed E-state index contributed by atoms with van der Waals surface area (Å²) in [4.78, 5) is 29.8. The predicted molar refractivity (Wildman–Crippen MR) is 127 cm³/mol. The highest BCUT2D eigenvalue weighted by molar-refractivity contribution is 7.21. The molecule has 5 rings (SSSR count). The average Bonchev–Trinajstić information content (AvgIpc) is 3.10. The Kier molecular flexibility index (Phi) is 4.67. The Morgan fingerprint density at radius 3 is 2.97 bits per heavy atom. The van der Waals surface area contributed by atoms with Crippen molar-refractivity contribution in [3.8, 4) is 11.3 Å². The highest BCUT2D eigenvalue weighted by Crippen LogP contribution is 2.41. The van der Waals surface area contributed by atoms with Gasteiger partial charge in [0.15, 0.2) is 0 Å². The van der Waals surface area contributed by atoms with E-state index in [1.807, 2.05) is 49.4 Å². The summed E-state index contributed by atoms with van der Waals surface area (Å²) in [6.07, 6.45) is 1.24. The number of nitrogens with zero attached hydrogens (tertiary/aromatic N) is 1. The standard InChI is InChI=1S/C24H20N4O2S/c1-3-20(29)27-15-6-4-5-14(11-15)17-8-7-16-18(28-17)9-10-19-21(16)22-23(31-19)24(30)26-13(2)12-25-22/h3-11,13,25H,1,12H2,2H3,(H,26,30)(H,27,29)/t13-/m1/s1. The van der Waals surface area contributed by atoms with E-state index in [-0.39, 0.29) is 17.9 Å². The number of thiophene rings is 1. The molecule has 3 N–H and O–H groups in total. The Labute approximate surface area is 183 Å². The van der Waals surface area contributed by atoms with E-state index in [0.29, 0.717) is 17.1 Å². The van der Waals surface area contributed by atoms with Crippen LogP contribution in [0.1, 0.15) is 16.6 Å². The minimum Gasteiger partial charge on any atom is -0.381 e. The molecule has 0 fully saturated rings. The van der Waals surface area contributed by atoms with E-state index in [1.165, 1.54) is 17.4 Å². The zero-order valence-electron chi connectivity index (χ0n) is 16.9. The Morgan fingerprint density at radius 2 is 2.13 bits per heavy atom. The molecule has 0 spiro atoms. The van der Waals surface area contributed by atoms with E-state index in [2.05, 4.69) is 28.6 Å². The van der Waals surface area contributed by atoms with Gasteiger partial charge in [0.05, 0.1) is 16.9 Å². The molecule has 2 aromatic heterocycles. The third kappa shape index (κ3) is 3.43. The minimum atomic E-state index is -0.255. The largest absolute Gasteiger partial charge is 0.381 e. The van der Waals surface area contributed by atoms with Crippen molar-refractivity contribution in [2.75, 3.05) is 17.2 Å². The smallest absolute Gasteiger partial charge is 0.263 e. The van der Waals surface area contributed by atoms with Gasteiger partial charge in [-0.25, -0.2) is 4.98 Å². The van der Waals surface area contributed by atoms with Gasteiger partial charge in [0.25, 0.3) is 5.91 Å². The summed E-state index contributed by atoms with van der Waals surface area (Å²) >= 11 is 1.50. The number of rotatable bonds is 3. The quantitative estimate of drug-likeness (QED) is 0.410. The SMILES string of the molecule is C=CC(=O)Nc1cccc(-c2ccc3c(ccc4sc5c(c43)NC[C@@H](C)NC5=O)n2)c1. The third-order valence-electron chi connectivity index (χ3n) is 5.30. The molecule has 0 bridgehead atoms. The van der Waals surface area contributed by atoms with Gasteiger partial charge in [-0.15, -0.1) is 11.3 Å². The molecule has 0 saturated carbocycles. The molecule has 1 aliphatic heterocycles. The highest BCUT2D eigenvalue weighted by Gasteiger charge is 2.24. The third-order valence-corrected chi connectivity index (χ3v) is 6.46. The Morgan fingerprint density at radius 1 is 1.26 bits per heavy atom. The molecule has 3 heterocycles.